The lowest BCUT2D eigenvalue weighted by Gasteiger charge is -2.36. The molecule has 1 saturated heterocycles. The summed E-state index contributed by atoms with van der Waals surface area (Å²) in [6, 6.07) is 18.6. The molecule has 0 aliphatic carbocycles. The fraction of sp³-hybridized carbons (Fsp3) is 0.367. The normalized spacial score (nSPS) is 14.5. The number of anilines is 1. The quantitative estimate of drug-likeness (QED) is 0.131. The summed E-state index contributed by atoms with van der Waals surface area (Å²) in [7, 11) is -4.69. The molecular formula is C30H37N6O7P. The van der Waals surface area contributed by atoms with E-state index >= 15 is 0 Å². The zero-order valence-corrected chi connectivity index (χ0v) is 25.1. The molecule has 2 amide bonds. The fourth-order valence-electron chi connectivity index (χ4n) is 4.84. The average molecular weight is 625 g/mol. The van der Waals surface area contributed by atoms with Gasteiger partial charge in [0.15, 0.2) is 5.82 Å². The highest BCUT2D eigenvalue weighted by atomic mass is 31.2. The number of rotatable bonds is 14. The van der Waals surface area contributed by atoms with Crippen LogP contribution in [0.1, 0.15) is 35.3 Å². The zero-order chi connectivity index (χ0) is 31.5. The third kappa shape index (κ3) is 10.2. The predicted molar refractivity (Wildman–Crippen MR) is 164 cm³/mol. The van der Waals surface area contributed by atoms with Crippen LogP contribution < -0.4 is 10.6 Å². The molecule has 1 aromatic heterocycles. The monoisotopic (exact) mass is 624 g/mol. The van der Waals surface area contributed by atoms with Crippen molar-refractivity contribution in [3.05, 3.63) is 78.0 Å². The predicted octanol–water partition coefficient (Wildman–Crippen LogP) is 2.43. The van der Waals surface area contributed by atoms with Crippen molar-refractivity contribution in [2.24, 2.45) is 0 Å². The van der Waals surface area contributed by atoms with E-state index in [9.17, 15) is 28.7 Å². The summed E-state index contributed by atoms with van der Waals surface area (Å²) < 4.78 is 12.0. The molecule has 1 fully saturated rings. The zero-order valence-electron chi connectivity index (χ0n) is 24.2. The number of carboxylic acid groups (broad SMARTS) is 1. The largest absolute Gasteiger partial charge is 0.481 e. The molecule has 0 saturated carbocycles. The van der Waals surface area contributed by atoms with Crippen molar-refractivity contribution in [3.8, 4) is 11.4 Å². The summed E-state index contributed by atoms with van der Waals surface area (Å²) in [6.07, 6.45) is 0.515. The smallest absolute Gasteiger partial charge is 0.328 e. The standard InChI is InChI=1S/C30H37N6O7P/c37-27(38)13-7-8-14-35-15-17-36(18-16-35)30(40)25(21-44(41,42)43)33-29(39)24-19-26(31-20-22-9-3-1-4-10-22)34-28(32-24)23-11-5-2-6-12-23/h1-6,9-12,19,25H,7-8,13-18,20-21H2,(H,33,39)(H,37,38)(H,31,32,34)(H2,41,42,43)/t25-/m0/s1. The Morgan fingerprint density at radius 1 is 0.909 bits per heavy atom. The number of unbranched alkanes of at least 4 members (excludes halogenated alkanes) is 1. The third-order valence-corrected chi connectivity index (χ3v) is 7.97. The average Bonchev–Trinajstić information content (AvgIpc) is 3.02. The number of aliphatic carboxylic acids is 1. The van der Waals surface area contributed by atoms with Gasteiger partial charge in [-0.2, -0.15) is 0 Å². The highest BCUT2D eigenvalue weighted by Gasteiger charge is 2.34. The van der Waals surface area contributed by atoms with Crippen LogP contribution in [0.5, 0.6) is 0 Å². The third-order valence-electron chi connectivity index (χ3n) is 7.13. The Labute approximate surface area is 255 Å². The first-order valence-electron chi connectivity index (χ1n) is 14.4. The minimum atomic E-state index is -4.69. The van der Waals surface area contributed by atoms with Gasteiger partial charge in [0.25, 0.3) is 5.91 Å². The van der Waals surface area contributed by atoms with Gasteiger partial charge in [0.05, 0.1) is 6.16 Å². The van der Waals surface area contributed by atoms with E-state index in [2.05, 4.69) is 25.5 Å². The van der Waals surface area contributed by atoms with Gasteiger partial charge >= 0.3 is 13.6 Å². The molecule has 0 bridgehead atoms. The molecule has 13 nitrogen and oxygen atoms in total. The highest BCUT2D eigenvalue weighted by molar-refractivity contribution is 7.51. The number of hydrogen-bond acceptors (Lipinski definition) is 8. The van der Waals surface area contributed by atoms with E-state index in [1.54, 1.807) is 12.1 Å². The Bertz CT molecular complexity index is 1460. The van der Waals surface area contributed by atoms with Gasteiger partial charge in [0, 0.05) is 50.8 Å². The van der Waals surface area contributed by atoms with E-state index in [0.29, 0.717) is 63.5 Å². The van der Waals surface area contributed by atoms with Gasteiger partial charge in [-0.25, -0.2) is 9.97 Å². The summed E-state index contributed by atoms with van der Waals surface area (Å²) in [5, 5.41) is 14.5. The molecule has 14 heteroatoms. The Morgan fingerprint density at radius 3 is 2.20 bits per heavy atom. The molecule has 2 heterocycles. The molecule has 1 aliphatic heterocycles. The second-order valence-electron chi connectivity index (χ2n) is 10.6. The molecule has 234 valence electrons. The first-order chi connectivity index (χ1) is 21.1. The number of carbonyl (C=O) groups excluding carboxylic acids is 2. The lowest BCUT2D eigenvalue weighted by molar-refractivity contribution is -0.137. The van der Waals surface area contributed by atoms with Crippen molar-refractivity contribution < 1.29 is 33.8 Å². The van der Waals surface area contributed by atoms with Crippen molar-refractivity contribution in [1.82, 2.24) is 25.1 Å². The van der Waals surface area contributed by atoms with E-state index < -0.39 is 37.6 Å². The number of aromatic nitrogens is 2. The molecule has 0 spiro atoms. The Morgan fingerprint density at radius 2 is 1.57 bits per heavy atom. The van der Waals surface area contributed by atoms with E-state index in [1.807, 2.05) is 48.5 Å². The van der Waals surface area contributed by atoms with Gasteiger partial charge in [0.2, 0.25) is 5.91 Å². The number of benzene rings is 2. The highest BCUT2D eigenvalue weighted by Crippen LogP contribution is 2.35. The minimum Gasteiger partial charge on any atom is -0.481 e. The Hall–Kier alpha value is -4.16. The SMILES string of the molecule is O=C(O)CCCCN1CCN(C(=O)[C@H](CP(=O)(O)O)NC(=O)c2cc(NCc3ccccc3)nc(-c3ccccc3)n2)CC1. The number of carboxylic acids is 1. The molecule has 5 N–H and O–H groups in total. The first-order valence-corrected chi connectivity index (χ1v) is 16.2. The van der Waals surface area contributed by atoms with Crippen molar-refractivity contribution >= 4 is 31.2 Å². The number of nitrogens with zero attached hydrogens (tertiary/aromatic N) is 4. The molecular weight excluding hydrogens is 587 g/mol. The Balaban J connectivity index is 1.48. The molecule has 2 aromatic carbocycles. The van der Waals surface area contributed by atoms with Gasteiger partial charge in [-0.05, 0) is 24.9 Å². The van der Waals surface area contributed by atoms with Crippen LogP contribution in [0.2, 0.25) is 0 Å². The van der Waals surface area contributed by atoms with E-state index in [4.69, 9.17) is 5.11 Å². The summed E-state index contributed by atoms with van der Waals surface area (Å²) >= 11 is 0. The van der Waals surface area contributed by atoms with Crippen LogP contribution in [-0.4, -0.2) is 97.4 Å². The van der Waals surface area contributed by atoms with Crippen LogP contribution >= 0.6 is 7.60 Å². The molecule has 0 radical (unpaired) electrons. The maximum absolute atomic E-state index is 13.5. The van der Waals surface area contributed by atoms with Crippen LogP contribution in [0.25, 0.3) is 11.4 Å². The Kier molecular flexibility index (Phi) is 11.6. The lowest BCUT2D eigenvalue weighted by atomic mass is 10.2. The van der Waals surface area contributed by atoms with Crippen LogP contribution in [0.4, 0.5) is 5.82 Å². The second-order valence-corrected chi connectivity index (χ2v) is 12.3. The second kappa shape index (κ2) is 15.5. The maximum atomic E-state index is 13.5. The summed E-state index contributed by atoms with van der Waals surface area (Å²) in [4.78, 5) is 69.7. The van der Waals surface area contributed by atoms with Crippen LogP contribution in [0, 0.1) is 0 Å². The van der Waals surface area contributed by atoms with Crippen molar-refractivity contribution in [2.75, 3.05) is 44.2 Å². The van der Waals surface area contributed by atoms with Gasteiger partial charge in [-0.15, -0.1) is 0 Å². The van der Waals surface area contributed by atoms with Crippen LogP contribution in [0.3, 0.4) is 0 Å². The van der Waals surface area contributed by atoms with Crippen LogP contribution in [0.15, 0.2) is 66.7 Å². The molecule has 3 aromatic rings. The topological polar surface area (TPSA) is 185 Å². The van der Waals surface area contributed by atoms with E-state index in [0.717, 1.165) is 5.56 Å². The number of hydrogen-bond donors (Lipinski definition) is 5. The van der Waals surface area contributed by atoms with Crippen molar-refractivity contribution in [1.29, 1.82) is 0 Å². The fourth-order valence-corrected chi connectivity index (χ4v) is 5.56. The number of amides is 2. The number of piperazine rings is 1. The van der Waals surface area contributed by atoms with Gasteiger partial charge < -0.3 is 30.4 Å². The van der Waals surface area contributed by atoms with Gasteiger partial charge in [-0.1, -0.05) is 60.7 Å². The first kappa shape index (κ1) is 32.7. The van der Waals surface area contributed by atoms with Gasteiger partial charge in [-0.3, -0.25) is 23.8 Å². The minimum absolute atomic E-state index is 0.0656. The lowest BCUT2D eigenvalue weighted by Crippen LogP contribution is -2.56. The molecule has 1 aliphatic rings. The van der Waals surface area contributed by atoms with E-state index in [1.165, 1.54) is 11.0 Å². The van der Waals surface area contributed by atoms with Crippen LogP contribution in [-0.2, 0) is 20.7 Å². The molecule has 44 heavy (non-hydrogen) atoms. The number of nitrogens with one attached hydrogen (secondary N) is 2. The number of carbonyl (C=O) groups is 3. The summed E-state index contributed by atoms with van der Waals surface area (Å²) in [6.45, 7) is 2.79. The summed E-state index contributed by atoms with van der Waals surface area (Å²) in [5.41, 5.74) is 1.59. The summed E-state index contributed by atoms with van der Waals surface area (Å²) in [5.74, 6) is -1.56. The molecule has 4 rings (SSSR count). The molecule has 0 unspecified atom stereocenters. The maximum Gasteiger partial charge on any atom is 0.328 e. The van der Waals surface area contributed by atoms with Crippen molar-refractivity contribution in [2.45, 2.75) is 31.8 Å². The van der Waals surface area contributed by atoms with Crippen molar-refractivity contribution in [3.63, 3.8) is 0 Å². The van der Waals surface area contributed by atoms with E-state index in [-0.39, 0.29) is 17.9 Å². The molecule has 1 atom stereocenters. The van der Waals surface area contributed by atoms with Gasteiger partial charge in [0.1, 0.15) is 17.6 Å².